The fourth-order valence-corrected chi connectivity index (χ4v) is 1.41. The van der Waals surface area contributed by atoms with Crippen molar-refractivity contribution in [3.63, 3.8) is 0 Å². The molecule has 0 aromatic carbocycles. The lowest BCUT2D eigenvalue weighted by atomic mass is 10.3. The minimum atomic E-state index is -0.379. The summed E-state index contributed by atoms with van der Waals surface area (Å²) in [6, 6.07) is 3.63. The molecule has 0 aliphatic heterocycles. The molecule has 0 bridgehead atoms. The van der Waals surface area contributed by atoms with Gasteiger partial charge in [-0.25, -0.2) is 15.0 Å². The number of carbonyl (C=O) groups excluding carboxylic acids is 1. The van der Waals surface area contributed by atoms with E-state index in [0.29, 0.717) is 5.82 Å². The van der Waals surface area contributed by atoms with Crippen molar-refractivity contribution >= 4 is 27.7 Å². The SMILES string of the molecule is Cc1ccnc(NC(=O)c2ncc(Br)cn2)c1. The van der Waals surface area contributed by atoms with E-state index in [-0.39, 0.29) is 11.7 Å². The number of nitrogens with zero attached hydrogens (tertiary/aromatic N) is 3. The molecule has 0 aliphatic rings. The molecule has 0 unspecified atom stereocenters. The second-order valence-corrected chi connectivity index (χ2v) is 4.31. The summed E-state index contributed by atoms with van der Waals surface area (Å²) in [5.41, 5.74) is 1.02. The molecule has 2 aromatic heterocycles. The maximum absolute atomic E-state index is 11.7. The molecule has 5 nitrogen and oxygen atoms in total. The lowest BCUT2D eigenvalue weighted by Gasteiger charge is -2.03. The van der Waals surface area contributed by atoms with Gasteiger partial charge >= 0.3 is 0 Å². The quantitative estimate of drug-likeness (QED) is 0.921. The van der Waals surface area contributed by atoms with Crippen LogP contribution in [0.15, 0.2) is 35.2 Å². The molecule has 0 saturated carbocycles. The van der Waals surface area contributed by atoms with E-state index >= 15 is 0 Å². The lowest BCUT2D eigenvalue weighted by molar-refractivity contribution is 0.101. The van der Waals surface area contributed by atoms with Gasteiger partial charge in [0.2, 0.25) is 5.82 Å². The van der Waals surface area contributed by atoms with Crippen LogP contribution in [0, 0.1) is 6.92 Å². The average molecular weight is 293 g/mol. The largest absolute Gasteiger partial charge is 0.304 e. The minimum absolute atomic E-state index is 0.108. The summed E-state index contributed by atoms with van der Waals surface area (Å²) in [6.07, 6.45) is 4.67. The normalized spacial score (nSPS) is 10.0. The van der Waals surface area contributed by atoms with Crippen LogP contribution in [0.25, 0.3) is 0 Å². The van der Waals surface area contributed by atoms with Gasteiger partial charge in [-0.05, 0) is 40.5 Å². The van der Waals surface area contributed by atoms with Crippen molar-refractivity contribution < 1.29 is 4.79 Å². The summed E-state index contributed by atoms with van der Waals surface area (Å²) in [5.74, 6) is 0.216. The van der Waals surface area contributed by atoms with Crippen LogP contribution in [-0.4, -0.2) is 20.9 Å². The van der Waals surface area contributed by atoms with Crippen LogP contribution in [0.5, 0.6) is 0 Å². The summed E-state index contributed by atoms with van der Waals surface area (Å²) in [6.45, 7) is 1.92. The number of nitrogens with one attached hydrogen (secondary N) is 1. The molecule has 0 saturated heterocycles. The molecule has 2 rings (SSSR count). The number of amides is 1. The Bertz CT molecular complexity index is 541. The number of rotatable bonds is 2. The third-order valence-corrected chi connectivity index (χ3v) is 2.39. The van der Waals surface area contributed by atoms with Gasteiger partial charge in [0.15, 0.2) is 0 Å². The monoisotopic (exact) mass is 292 g/mol. The van der Waals surface area contributed by atoms with Crippen molar-refractivity contribution in [1.82, 2.24) is 15.0 Å². The van der Waals surface area contributed by atoms with Gasteiger partial charge in [0, 0.05) is 18.6 Å². The molecular formula is C11H9BrN4O. The van der Waals surface area contributed by atoms with Crippen LogP contribution < -0.4 is 5.32 Å². The predicted octanol–water partition coefficient (Wildman–Crippen LogP) is 2.19. The first kappa shape index (κ1) is 11.7. The van der Waals surface area contributed by atoms with Crippen LogP contribution in [0.3, 0.4) is 0 Å². The molecular weight excluding hydrogens is 284 g/mol. The molecule has 0 radical (unpaired) electrons. The summed E-state index contributed by atoms with van der Waals surface area (Å²) in [5, 5.41) is 2.63. The number of aryl methyl sites for hydroxylation is 1. The maximum atomic E-state index is 11.7. The Kier molecular flexibility index (Phi) is 3.43. The van der Waals surface area contributed by atoms with Gasteiger partial charge in [-0.2, -0.15) is 0 Å². The molecule has 6 heteroatoms. The summed E-state index contributed by atoms with van der Waals surface area (Å²) in [7, 11) is 0. The minimum Gasteiger partial charge on any atom is -0.304 e. The molecule has 1 amide bonds. The fraction of sp³-hybridized carbons (Fsp3) is 0.0909. The topological polar surface area (TPSA) is 67.8 Å². The first-order chi connectivity index (χ1) is 8.15. The Morgan fingerprint density at radius 2 is 2.00 bits per heavy atom. The molecule has 0 aliphatic carbocycles. The van der Waals surface area contributed by atoms with Gasteiger partial charge in [-0.15, -0.1) is 0 Å². The number of hydrogen-bond donors (Lipinski definition) is 1. The molecule has 17 heavy (non-hydrogen) atoms. The fourth-order valence-electron chi connectivity index (χ4n) is 1.21. The third kappa shape index (κ3) is 3.07. The van der Waals surface area contributed by atoms with Crippen molar-refractivity contribution in [3.8, 4) is 0 Å². The zero-order valence-electron chi connectivity index (χ0n) is 9.01. The lowest BCUT2D eigenvalue weighted by Crippen LogP contribution is -2.16. The van der Waals surface area contributed by atoms with Crippen molar-refractivity contribution in [2.24, 2.45) is 0 Å². The average Bonchev–Trinajstić information content (AvgIpc) is 2.29. The molecule has 2 heterocycles. The highest BCUT2D eigenvalue weighted by atomic mass is 79.9. The first-order valence-electron chi connectivity index (χ1n) is 4.87. The molecule has 0 atom stereocenters. The summed E-state index contributed by atoms with van der Waals surface area (Å²) in [4.78, 5) is 23.6. The van der Waals surface area contributed by atoms with Gasteiger partial charge in [0.1, 0.15) is 5.82 Å². The van der Waals surface area contributed by atoms with Crippen molar-refractivity contribution in [2.75, 3.05) is 5.32 Å². The van der Waals surface area contributed by atoms with Crippen LogP contribution in [0.1, 0.15) is 16.2 Å². The second kappa shape index (κ2) is 5.01. The molecule has 0 spiro atoms. The molecule has 0 fully saturated rings. The van der Waals surface area contributed by atoms with Gasteiger partial charge in [0.05, 0.1) is 4.47 Å². The van der Waals surface area contributed by atoms with E-state index < -0.39 is 0 Å². The Hall–Kier alpha value is -1.82. The van der Waals surface area contributed by atoms with Gasteiger partial charge < -0.3 is 5.32 Å². The van der Waals surface area contributed by atoms with Crippen LogP contribution >= 0.6 is 15.9 Å². The molecule has 86 valence electrons. The number of hydrogen-bond acceptors (Lipinski definition) is 4. The van der Waals surface area contributed by atoms with E-state index in [4.69, 9.17) is 0 Å². The van der Waals surface area contributed by atoms with E-state index in [1.54, 1.807) is 12.3 Å². The van der Waals surface area contributed by atoms with Crippen LogP contribution in [0.2, 0.25) is 0 Å². The van der Waals surface area contributed by atoms with Crippen molar-refractivity contribution in [1.29, 1.82) is 0 Å². The Morgan fingerprint density at radius 1 is 1.29 bits per heavy atom. The third-order valence-electron chi connectivity index (χ3n) is 1.98. The second-order valence-electron chi connectivity index (χ2n) is 3.40. The highest BCUT2D eigenvalue weighted by molar-refractivity contribution is 9.10. The smallest absolute Gasteiger partial charge is 0.294 e. The van der Waals surface area contributed by atoms with E-state index in [1.807, 2.05) is 13.0 Å². The van der Waals surface area contributed by atoms with E-state index in [9.17, 15) is 4.79 Å². The van der Waals surface area contributed by atoms with E-state index in [0.717, 1.165) is 10.0 Å². The maximum Gasteiger partial charge on any atom is 0.294 e. The predicted molar refractivity (Wildman–Crippen MR) is 66.7 cm³/mol. The van der Waals surface area contributed by atoms with E-state index in [2.05, 4.69) is 36.2 Å². The summed E-state index contributed by atoms with van der Waals surface area (Å²) >= 11 is 3.20. The molecule has 2 aromatic rings. The number of aromatic nitrogens is 3. The number of anilines is 1. The van der Waals surface area contributed by atoms with Crippen molar-refractivity contribution in [2.45, 2.75) is 6.92 Å². The Morgan fingerprint density at radius 3 is 2.65 bits per heavy atom. The van der Waals surface area contributed by atoms with Gasteiger partial charge in [-0.3, -0.25) is 4.79 Å². The summed E-state index contributed by atoms with van der Waals surface area (Å²) < 4.78 is 0.725. The van der Waals surface area contributed by atoms with E-state index in [1.165, 1.54) is 12.4 Å². The first-order valence-corrected chi connectivity index (χ1v) is 5.66. The number of halogens is 1. The zero-order chi connectivity index (χ0) is 12.3. The number of pyridine rings is 1. The van der Waals surface area contributed by atoms with Crippen LogP contribution in [-0.2, 0) is 0 Å². The molecule has 1 N–H and O–H groups in total. The highest BCUT2D eigenvalue weighted by Gasteiger charge is 2.09. The Balaban J connectivity index is 2.14. The van der Waals surface area contributed by atoms with Crippen molar-refractivity contribution in [3.05, 3.63) is 46.6 Å². The standard InChI is InChI=1S/C11H9BrN4O/c1-7-2-3-13-9(4-7)16-11(17)10-14-5-8(12)6-15-10/h2-6H,1H3,(H,13,16,17). The highest BCUT2D eigenvalue weighted by Crippen LogP contribution is 2.08. The van der Waals surface area contributed by atoms with Gasteiger partial charge in [0.25, 0.3) is 5.91 Å². The Labute approximate surface area is 106 Å². The number of carbonyl (C=O) groups is 1. The zero-order valence-corrected chi connectivity index (χ0v) is 10.6. The van der Waals surface area contributed by atoms with Gasteiger partial charge in [-0.1, -0.05) is 0 Å². The van der Waals surface area contributed by atoms with Crippen LogP contribution in [0.4, 0.5) is 5.82 Å².